The highest BCUT2D eigenvalue weighted by Gasteiger charge is 2.36. The summed E-state index contributed by atoms with van der Waals surface area (Å²) in [6.07, 6.45) is 6.15. The zero-order valence-corrected chi connectivity index (χ0v) is 16.1. The summed E-state index contributed by atoms with van der Waals surface area (Å²) in [7, 11) is 3.20. The maximum absolute atomic E-state index is 12.8. The van der Waals surface area contributed by atoms with Crippen LogP contribution < -0.4 is 32.5 Å². The van der Waals surface area contributed by atoms with Crippen LogP contribution in [0.4, 0.5) is 11.5 Å². The number of nitrogens with zero attached hydrogens (tertiary/aromatic N) is 3. The number of rotatable bonds is 4. The monoisotopic (exact) mass is 362 g/mol. The van der Waals surface area contributed by atoms with Gasteiger partial charge in [-0.05, 0) is 26.7 Å². The molecule has 1 saturated carbocycles. The van der Waals surface area contributed by atoms with E-state index >= 15 is 0 Å². The number of anilines is 2. The number of fused-ring (bicyclic) bond motifs is 1. The highest BCUT2D eigenvalue weighted by atomic mass is 16.2. The maximum atomic E-state index is 12.8. The Morgan fingerprint density at radius 3 is 2.58 bits per heavy atom. The molecule has 0 saturated heterocycles. The van der Waals surface area contributed by atoms with Crippen molar-refractivity contribution < 1.29 is 0 Å². The number of hydrogen-bond donors (Lipinski definition) is 3. The Morgan fingerprint density at radius 1 is 1.23 bits per heavy atom. The van der Waals surface area contributed by atoms with E-state index in [1.54, 1.807) is 7.05 Å². The number of aromatic nitrogens is 2. The molecule has 144 valence electrons. The van der Waals surface area contributed by atoms with Gasteiger partial charge >= 0.3 is 5.69 Å². The fourth-order valence-electron chi connectivity index (χ4n) is 3.77. The lowest BCUT2D eigenvalue weighted by molar-refractivity contribution is 0.307. The van der Waals surface area contributed by atoms with Gasteiger partial charge in [0.2, 0.25) is 0 Å². The quantitative estimate of drug-likeness (QED) is 0.672. The molecule has 8 nitrogen and oxygen atoms in total. The molecule has 26 heavy (non-hydrogen) atoms. The van der Waals surface area contributed by atoms with Crippen LogP contribution in [0.3, 0.4) is 0 Å². The van der Waals surface area contributed by atoms with Gasteiger partial charge in [-0.25, -0.2) is 4.79 Å². The van der Waals surface area contributed by atoms with Gasteiger partial charge in [0.05, 0.1) is 0 Å². The minimum Gasteiger partial charge on any atom is -0.337 e. The van der Waals surface area contributed by atoms with Crippen molar-refractivity contribution in [3.63, 3.8) is 0 Å². The molecule has 8 heteroatoms. The van der Waals surface area contributed by atoms with E-state index in [2.05, 4.69) is 16.7 Å². The number of hydrogen-bond acceptors (Lipinski definition) is 6. The molecule has 4 N–H and O–H groups in total. The van der Waals surface area contributed by atoms with Gasteiger partial charge in [-0.15, -0.1) is 0 Å². The Morgan fingerprint density at radius 2 is 1.92 bits per heavy atom. The van der Waals surface area contributed by atoms with E-state index in [0.29, 0.717) is 18.1 Å². The maximum Gasteiger partial charge on any atom is 0.332 e. The lowest BCUT2D eigenvalue weighted by atomic mass is 9.91. The first-order valence-corrected chi connectivity index (χ1v) is 9.29. The molecule has 0 radical (unpaired) electrons. The van der Waals surface area contributed by atoms with Crippen LogP contribution in [0.25, 0.3) is 0 Å². The molecule has 1 aliphatic carbocycles. The molecule has 0 amide bonds. The minimum absolute atomic E-state index is 0.103. The third kappa shape index (κ3) is 3.31. The molecule has 1 unspecified atom stereocenters. The van der Waals surface area contributed by atoms with Crippen LogP contribution in [0.1, 0.15) is 39.5 Å². The highest BCUT2D eigenvalue weighted by Crippen LogP contribution is 2.30. The van der Waals surface area contributed by atoms with Crippen molar-refractivity contribution in [2.75, 3.05) is 16.8 Å². The Bertz CT molecular complexity index is 820. The second-order valence-corrected chi connectivity index (χ2v) is 7.61. The third-order valence-corrected chi connectivity index (χ3v) is 5.40. The second-order valence-electron chi connectivity index (χ2n) is 7.61. The van der Waals surface area contributed by atoms with Gasteiger partial charge in [0.15, 0.2) is 6.29 Å². The molecule has 0 bridgehead atoms. The standard InChI is InChI=1S/C18H30N6O2/c1-11(2)9-10-24-14-15(22(3)18(26)23(4)16(14)25)21-17(24)20-13-8-6-5-7-12(13)19/h9,12-13,17,20-21H,5-8,10,19H2,1-4H3/t12-,13-,17?/m1/s1. The summed E-state index contributed by atoms with van der Waals surface area (Å²) in [5.74, 6) is 0.558. The number of nitrogens with one attached hydrogen (secondary N) is 2. The summed E-state index contributed by atoms with van der Waals surface area (Å²) in [6, 6.07) is 0.289. The molecule has 1 aliphatic heterocycles. The van der Waals surface area contributed by atoms with Gasteiger partial charge in [-0.2, -0.15) is 0 Å². The van der Waals surface area contributed by atoms with Crippen LogP contribution in [0.15, 0.2) is 21.2 Å². The lowest BCUT2D eigenvalue weighted by Crippen LogP contribution is -2.57. The van der Waals surface area contributed by atoms with Crippen LogP contribution in [0, 0.1) is 0 Å². The molecule has 1 aromatic heterocycles. The SMILES string of the molecule is CC(C)=CCN1c2c(n(C)c(=O)n(C)c2=O)NC1N[C@@H]1CCCC[C@H]1N. The van der Waals surface area contributed by atoms with Crippen molar-refractivity contribution in [1.29, 1.82) is 0 Å². The average Bonchev–Trinajstić information content (AvgIpc) is 2.96. The van der Waals surface area contributed by atoms with Gasteiger partial charge in [-0.3, -0.25) is 19.2 Å². The summed E-state index contributed by atoms with van der Waals surface area (Å²) in [6.45, 7) is 4.64. The van der Waals surface area contributed by atoms with Gasteiger partial charge in [-0.1, -0.05) is 24.5 Å². The van der Waals surface area contributed by atoms with Crippen molar-refractivity contribution >= 4 is 11.5 Å². The molecule has 1 aromatic rings. The normalized spacial score (nSPS) is 25.0. The first-order chi connectivity index (χ1) is 12.3. The second kappa shape index (κ2) is 7.28. The molecule has 1 fully saturated rings. The molecule has 0 spiro atoms. The molecule has 2 aliphatic rings. The zero-order valence-electron chi connectivity index (χ0n) is 16.1. The molecule has 3 rings (SSSR count). The van der Waals surface area contributed by atoms with E-state index < -0.39 is 0 Å². The van der Waals surface area contributed by atoms with Gasteiger partial charge in [0.1, 0.15) is 11.5 Å². The zero-order chi connectivity index (χ0) is 19.0. The lowest BCUT2D eigenvalue weighted by Gasteiger charge is -2.35. The van der Waals surface area contributed by atoms with Gasteiger partial charge < -0.3 is 16.0 Å². The van der Waals surface area contributed by atoms with Crippen LogP contribution >= 0.6 is 0 Å². The number of nitrogens with two attached hydrogens (primary N) is 1. The number of allylic oxidation sites excluding steroid dienone is 1. The Labute approximate surface area is 153 Å². The Kier molecular flexibility index (Phi) is 5.24. The Hall–Kier alpha value is -2.06. The third-order valence-electron chi connectivity index (χ3n) is 5.40. The van der Waals surface area contributed by atoms with Crippen molar-refractivity contribution in [2.24, 2.45) is 19.8 Å². The van der Waals surface area contributed by atoms with E-state index in [0.717, 1.165) is 30.3 Å². The molecular weight excluding hydrogens is 332 g/mol. The van der Waals surface area contributed by atoms with Crippen molar-refractivity contribution in [3.8, 4) is 0 Å². The Balaban J connectivity index is 1.98. The van der Waals surface area contributed by atoms with E-state index in [9.17, 15) is 9.59 Å². The highest BCUT2D eigenvalue weighted by molar-refractivity contribution is 5.72. The predicted molar refractivity (Wildman–Crippen MR) is 104 cm³/mol. The summed E-state index contributed by atoms with van der Waals surface area (Å²) in [5.41, 5.74) is 7.38. The van der Waals surface area contributed by atoms with Crippen LogP contribution in [-0.4, -0.2) is 34.1 Å². The fourth-order valence-corrected chi connectivity index (χ4v) is 3.77. The molecular formula is C18H30N6O2. The van der Waals surface area contributed by atoms with E-state index in [1.165, 1.54) is 17.2 Å². The predicted octanol–water partition coefficient (Wildman–Crippen LogP) is 0.425. The summed E-state index contributed by atoms with van der Waals surface area (Å²) in [5, 5.41) is 6.91. The topological polar surface area (TPSA) is 97.3 Å². The minimum atomic E-state index is -0.335. The first-order valence-electron chi connectivity index (χ1n) is 9.29. The molecule has 2 heterocycles. The summed E-state index contributed by atoms with van der Waals surface area (Å²) >= 11 is 0. The summed E-state index contributed by atoms with van der Waals surface area (Å²) in [4.78, 5) is 27.1. The molecule has 3 atom stereocenters. The van der Waals surface area contributed by atoms with E-state index in [4.69, 9.17) is 5.73 Å². The van der Waals surface area contributed by atoms with Crippen molar-refractivity contribution in [2.45, 2.75) is 57.9 Å². The van der Waals surface area contributed by atoms with E-state index in [1.807, 2.05) is 18.7 Å². The van der Waals surface area contributed by atoms with Crippen LogP contribution in [-0.2, 0) is 14.1 Å². The van der Waals surface area contributed by atoms with Gasteiger partial charge in [0, 0.05) is 32.7 Å². The van der Waals surface area contributed by atoms with Crippen LogP contribution in [0.2, 0.25) is 0 Å². The fraction of sp³-hybridized carbons (Fsp3) is 0.667. The first kappa shape index (κ1) is 18.7. The van der Waals surface area contributed by atoms with Crippen molar-refractivity contribution in [1.82, 2.24) is 14.5 Å². The summed E-state index contributed by atoms with van der Waals surface area (Å²) < 4.78 is 2.65. The van der Waals surface area contributed by atoms with E-state index in [-0.39, 0.29) is 29.6 Å². The largest absolute Gasteiger partial charge is 0.337 e. The molecule has 0 aromatic carbocycles. The van der Waals surface area contributed by atoms with Gasteiger partial charge in [0.25, 0.3) is 5.56 Å². The van der Waals surface area contributed by atoms with Crippen molar-refractivity contribution in [3.05, 3.63) is 32.5 Å². The smallest absolute Gasteiger partial charge is 0.332 e. The van der Waals surface area contributed by atoms with Crippen LogP contribution in [0.5, 0.6) is 0 Å². The average molecular weight is 362 g/mol.